The van der Waals surface area contributed by atoms with E-state index in [1.165, 1.54) is 7.11 Å². The van der Waals surface area contributed by atoms with Crippen molar-refractivity contribution < 1.29 is 9.53 Å². The maximum absolute atomic E-state index is 11.7. The third-order valence-electron chi connectivity index (χ3n) is 2.61. The van der Waals surface area contributed by atoms with Crippen molar-refractivity contribution in [2.45, 2.75) is 0 Å². The van der Waals surface area contributed by atoms with Crippen LogP contribution in [-0.4, -0.2) is 30.1 Å². The molecule has 0 atom stereocenters. The van der Waals surface area contributed by atoms with Crippen LogP contribution in [0.5, 0.6) is 0 Å². The highest BCUT2D eigenvalue weighted by Gasteiger charge is 2.14. The number of anilines is 2. The Labute approximate surface area is 110 Å². The van der Waals surface area contributed by atoms with Crippen LogP contribution in [0.25, 0.3) is 11.3 Å². The second-order valence-electron chi connectivity index (χ2n) is 3.84. The number of carbonyl (C=O) groups is 1. The number of nitrogens with zero attached hydrogens (tertiary/aromatic N) is 2. The second-order valence-corrected chi connectivity index (χ2v) is 3.84. The fourth-order valence-electron chi connectivity index (χ4n) is 1.65. The van der Waals surface area contributed by atoms with Gasteiger partial charge in [-0.25, -0.2) is 9.78 Å². The fraction of sp³-hybridized carbons (Fsp3) is 0.154. The third-order valence-corrected chi connectivity index (χ3v) is 2.61. The molecule has 2 aromatic rings. The average Bonchev–Trinajstić information content (AvgIpc) is 2.46. The van der Waals surface area contributed by atoms with Crippen LogP contribution in [0.2, 0.25) is 0 Å². The summed E-state index contributed by atoms with van der Waals surface area (Å²) in [5, 5.41) is 2.85. The second kappa shape index (κ2) is 5.34. The molecule has 0 unspecified atom stereocenters. The van der Waals surface area contributed by atoms with Crippen LogP contribution in [0.4, 0.5) is 11.5 Å². The molecule has 0 aliphatic carbocycles. The maximum atomic E-state index is 11.7. The average molecular weight is 258 g/mol. The van der Waals surface area contributed by atoms with E-state index >= 15 is 0 Å². The molecule has 0 fully saturated rings. The van der Waals surface area contributed by atoms with Gasteiger partial charge in [0.1, 0.15) is 11.4 Å². The summed E-state index contributed by atoms with van der Waals surface area (Å²) in [5.41, 5.74) is 7.94. The first-order valence-corrected chi connectivity index (χ1v) is 5.63. The first kappa shape index (κ1) is 12.8. The van der Waals surface area contributed by atoms with Gasteiger partial charge >= 0.3 is 5.97 Å². The zero-order valence-electron chi connectivity index (χ0n) is 10.7. The lowest BCUT2D eigenvalue weighted by Gasteiger charge is -2.08. The normalized spacial score (nSPS) is 10.0. The van der Waals surface area contributed by atoms with Gasteiger partial charge in [0.25, 0.3) is 0 Å². The SMILES string of the molecule is CNc1ncc(-c2ccc(N)cn2)cc1C(=O)OC. The van der Waals surface area contributed by atoms with Crippen LogP contribution < -0.4 is 11.1 Å². The number of nitrogens with one attached hydrogen (secondary N) is 1. The van der Waals surface area contributed by atoms with Crippen LogP contribution in [0.1, 0.15) is 10.4 Å². The van der Waals surface area contributed by atoms with Gasteiger partial charge in [0.15, 0.2) is 0 Å². The molecule has 0 radical (unpaired) electrons. The van der Waals surface area contributed by atoms with E-state index in [1.807, 2.05) is 0 Å². The Hall–Kier alpha value is -2.63. The minimum atomic E-state index is -0.450. The quantitative estimate of drug-likeness (QED) is 0.812. The molecule has 2 heterocycles. The number of hydrogen-bond donors (Lipinski definition) is 2. The summed E-state index contributed by atoms with van der Waals surface area (Å²) in [5.74, 6) is 0.0141. The predicted octanol–water partition coefficient (Wildman–Crippen LogP) is 1.55. The summed E-state index contributed by atoms with van der Waals surface area (Å²) in [6, 6.07) is 5.20. The molecule has 0 saturated carbocycles. The number of methoxy groups -OCH3 is 1. The van der Waals surface area contributed by atoms with Crippen molar-refractivity contribution in [2.75, 3.05) is 25.2 Å². The molecule has 0 amide bonds. The highest BCUT2D eigenvalue weighted by Crippen LogP contribution is 2.22. The number of rotatable bonds is 3. The zero-order valence-corrected chi connectivity index (χ0v) is 10.7. The Morgan fingerprint density at radius 2 is 2.11 bits per heavy atom. The van der Waals surface area contributed by atoms with E-state index in [-0.39, 0.29) is 0 Å². The molecule has 6 nitrogen and oxygen atoms in total. The van der Waals surface area contributed by atoms with E-state index in [1.54, 1.807) is 37.6 Å². The molecule has 2 rings (SSSR count). The zero-order chi connectivity index (χ0) is 13.8. The molecule has 2 aromatic heterocycles. The number of nitrogens with two attached hydrogens (primary N) is 1. The van der Waals surface area contributed by atoms with Gasteiger partial charge in [0.05, 0.1) is 24.7 Å². The van der Waals surface area contributed by atoms with Gasteiger partial charge in [-0.2, -0.15) is 0 Å². The Morgan fingerprint density at radius 3 is 2.68 bits per heavy atom. The number of esters is 1. The molecular formula is C13H14N4O2. The number of ether oxygens (including phenoxy) is 1. The summed E-state index contributed by atoms with van der Waals surface area (Å²) in [4.78, 5) is 20.1. The molecule has 0 bridgehead atoms. The van der Waals surface area contributed by atoms with Gasteiger partial charge in [-0.15, -0.1) is 0 Å². The standard InChI is InChI=1S/C13H14N4O2/c1-15-12-10(13(18)19-2)5-8(6-17-12)11-4-3-9(14)7-16-11/h3-7H,14H2,1-2H3,(H,15,17). The third kappa shape index (κ3) is 2.62. The molecule has 0 aliphatic heterocycles. The smallest absolute Gasteiger partial charge is 0.341 e. The van der Waals surface area contributed by atoms with Crippen LogP contribution in [0.15, 0.2) is 30.6 Å². The van der Waals surface area contributed by atoms with Crippen LogP contribution >= 0.6 is 0 Å². The Bertz CT molecular complexity index is 596. The van der Waals surface area contributed by atoms with Crippen molar-refractivity contribution in [3.05, 3.63) is 36.2 Å². The van der Waals surface area contributed by atoms with E-state index in [9.17, 15) is 4.79 Å². The first-order chi connectivity index (χ1) is 9.15. The summed E-state index contributed by atoms with van der Waals surface area (Å²) < 4.78 is 4.73. The number of aromatic nitrogens is 2. The van der Waals surface area contributed by atoms with Crippen LogP contribution in [0.3, 0.4) is 0 Å². The van der Waals surface area contributed by atoms with Crippen molar-refractivity contribution in [3.63, 3.8) is 0 Å². The molecule has 98 valence electrons. The lowest BCUT2D eigenvalue weighted by molar-refractivity contribution is 0.0601. The van der Waals surface area contributed by atoms with Gasteiger partial charge in [-0.05, 0) is 18.2 Å². The van der Waals surface area contributed by atoms with Crippen molar-refractivity contribution in [1.29, 1.82) is 0 Å². The Kier molecular flexibility index (Phi) is 3.61. The van der Waals surface area contributed by atoms with Crippen molar-refractivity contribution in [1.82, 2.24) is 9.97 Å². The van der Waals surface area contributed by atoms with Gasteiger partial charge in [0, 0.05) is 18.8 Å². The molecule has 0 aromatic carbocycles. The van der Waals surface area contributed by atoms with Gasteiger partial charge in [-0.1, -0.05) is 0 Å². The van der Waals surface area contributed by atoms with E-state index in [2.05, 4.69) is 15.3 Å². The van der Waals surface area contributed by atoms with E-state index in [0.717, 1.165) is 5.56 Å². The Balaban J connectivity index is 2.48. The molecule has 6 heteroatoms. The first-order valence-electron chi connectivity index (χ1n) is 5.63. The lowest BCUT2D eigenvalue weighted by atomic mass is 10.1. The maximum Gasteiger partial charge on any atom is 0.341 e. The van der Waals surface area contributed by atoms with Gasteiger partial charge in [-0.3, -0.25) is 4.98 Å². The molecule has 0 saturated heterocycles. The molecule has 19 heavy (non-hydrogen) atoms. The molecular weight excluding hydrogens is 244 g/mol. The molecule has 0 spiro atoms. The number of pyridine rings is 2. The van der Waals surface area contributed by atoms with Crippen LogP contribution in [-0.2, 0) is 4.74 Å². The highest BCUT2D eigenvalue weighted by molar-refractivity contribution is 5.95. The van der Waals surface area contributed by atoms with Gasteiger partial charge in [0.2, 0.25) is 0 Å². The summed E-state index contributed by atoms with van der Waals surface area (Å²) in [6.07, 6.45) is 3.19. The molecule has 3 N–H and O–H groups in total. The minimum absolute atomic E-state index is 0.362. The lowest BCUT2D eigenvalue weighted by Crippen LogP contribution is -2.07. The Morgan fingerprint density at radius 1 is 1.32 bits per heavy atom. The van der Waals surface area contributed by atoms with E-state index < -0.39 is 5.97 Å². The molecule has 0 aliphatic rings. The number of hydrogen-bond acceptors (Lipinski definition) is 6. The van der Waals surface area contributed by atoms with Crippen molar-refractivity contribution in [2.24, 2.45) is 0 Å². The van der Waals surface area contributed by atoms with Crippen LogP contribution in [0, 0.1) is 0 Å². The predicted molar refractivity (Wildman–Crippen MR) is 72.8 cm³/mol. The topological polar surface area (TPSA) is 90.1 Å². The van der Waals surface area contributed by atoms with Crippen molar-refractivity contribution >= 4 is 17.5 Å². The van der Waals surface area contributed by atoms with E-state index in [4.69, 9.17) is 10.5 Å². The monoisotopic (exact) mass is 258 g/mol. The highest BCUT2D eigenvalue weighted by atomic mass is 16.5. The fourth-order valence-corrected chi connectivity index (χ4v) is 1.65. The van der Waals surface area contributed by atoms with E-state index in [0.29, 0.717) is 22.8 Å². The summed E-state index contributed by atoms with van der Waals surface area (Å²) in [6.45, 7) is 0. The minimum Gasteiger partial charge on any atom is -0.465 e. The largest absolute Gasteiger partial charge is 0.465 e. The summed E-state index contributed by atoms with van der Waals surface area (Å²) >= 11 is 0. The summed E-state index contributed by atoms with van der Waals surface area (Å²) in [7, 11) is 3.02. The number of carbonyl (C=O) groups excluding carboxylic acids is 1. The van der Waals surface area contributed by atoms with Gasteiger partial charge < -0.3 is 15.8 Å². The number of nitrogen functional groups attached to an aromatic ring is 1. The van der Waals surface area contributed by atoms with Crippen molar-refractivity contribution in [3.8, 4) is 11.3 Å².